The zero-order valence-electron chi connectivity index (χ0n) is 20.9. The van der Waals surface area contributed by atoms with E-state index in [1.54, 1.807) is 42.5 Å². The van der Waals surface area contributed by atoms with Crippen molar-refractivity contribution in [2.45, 2.75) is 12.8 Å². The molecular weight excluding hydrogens is 561 g/mol. The van der Waals surface area contributed by atoms with Crippen molar-refractivity contribution in [3.05, 3.63) is 133 Å². The standard InChI is InChI=1S/C29H18ClF3N4O4/c30-23-10-3-1-6-20(23)17-41-26-13-12-18(14-25(26)37(39)40)16-34-36-27(19-7-5-8-21(15-19)29(31,32)33)35-24-11-4-2-9-22(24)28(36)38/h1-16H,17H2. The lowest BCUT2D eigenvalue weighted by molar-refractivity contribution is -0.385. The number of hydrogen-bond acceptors (Lipinski definition) is 6. The summed E-state index contributed by atoms with van der Waals surface area (Å²) in [5, 5.41) is 16.6. The van der Waals surface area contributed by atoms with Crippen LogP contribution in [0.25, 0.3) is 22.3 Å². The number of nitro benzene ring substituents is 1. The molecule has 0 spiro atoms. The Kier molecular flexibility index (Phi) is 7.54. The lowest BCUT2D eigenvalue weighted by Gasteiger charge is -2.12. The Bertz CT molecular complexity index is 1870. The first-order chi connectivity index (χ1) is 19.6. The number of alkyl halides is 3. The van der Waals surface area contributed by atoms with Crippen LogP contribution in [0.15, 0.2) is 101 Å². The summed E-state index contributed by atoms with van der Waals surface area (Å²) < 4.78 is 46.7. The molecule has 5 aromatic rings. The summed E-state index contributed by atoms with van der Waals surface area (Å²) in [5.41, 5.74) is -0.759. The van der Waals surface area contributed by atoms with Crippen LogP contribution in [0.1, 0.15) is 16.7 Å². The molecule has 0 aliphatic rings. The Labute approximate surface area is 235 Å². The monoisotopic (exact) mass is 578 g/mol. The molecule has 0 amide bonds. The maximum atomic E-state index is 13.4. The average molecular weight is 579 g/mol. The van der Waals surface area contributed by atoms with E-state index < -0.39 is 22.2 Å². The van der Waals surface area contributed by atoms with Crippen molar-refractivity contribution in [3.63, 3.8) is 0 Å². The SMILES string of the molecule is O=c1c2ccccc2nc(-c2cccc(C(F)(F)F)c2)n1N=Cc1ccc(OCc2ccccc2Cl)c([N+](=O)[O-])c1. The predicted octanol–water partition coefficient (Wildman–Crippen LogP) is 7.11. The molecule has 8 nitrogen and oxygen atoms in total. The average Bonchev–Trinajstić information content (AvgIpc) is 2.96. The molecule has 0 bridgehead atoms. The topological polar surface area (TPSA) is 99.6 Å². The van der Waals surface area contributed by atoms with Gasteiger partial charge in [0.25, 0.3) is 5.56 Å². The van der Waals surface area contributed by atoms with Gasteiger partial charge in [0.15, 0.2) is 11.6 Å². The van der Waals surface area contributed by atoms with E-state index in [1.165, 1.54) is 42.6 Å². The van der Waals surface area contributed by atoms with Crippen molar-refractivity contribution < 1.29 is 22.8 Å². The third-order valence-electron chi connectivity index (χ3n) is 6.04. The van der Waals surface area contributed by atoms with Gasteiger partial charge in [0.2, 0.25) is 0 Å². The van der Waals surface area contributed by atoms with Crippen molar-refractivity contribution in [3.8, 4) is 17.1 Å². The maximum Gasteiger partial charge on any atom is 0.416 e. The van der Waals surface area contributed by atoms with Crippen molar-refractivity contribution in [1.29, 1.82) is 0 Å². The second-order valence-electron chi connectivity index (χ2n) is 8.76. The molecule has 0 saturated carbocycles. The van der Waals surface area contributed by atoms with Crippen molar-refractivity contribution in [2.75, 3.05) is 0 Å². The summed E-state index contributed by atoms with van der Waals surface area (Å²) in [7, 11) is 0. The Morgan fingerprint density at radius 2 is 1.76 bits per heavy atom. The molecule has 0 atom stereocenters. The fourth-order valence-corrected chi connectivity index (χ4v) is 4.22. The highest BCUT2D eigenvalue weighted by Gasteiger charge is 2.31. The van der Waals surface area contributed by atoms with Gasteiger partial charge < -0.3 is 4.74 Å². The Balaban J connectivity index is 1.55. The molecule has 1 heterocycles. The van der Waals surface area contributed by atoms with Gasteiger partial charge >= 0.3 is 11.9 Å². The van der Waals surface area contributed by atoms with Crippen LogP contribution in [-0.2, 0) is 12.8 Å². The van der Waals surface area contributed by atoms with E-state index in [-0.39, 0.29) is 45.9 Å². The molecule has 0 saturated heterocycles. The number of benzene rings is 4. The number of halogens is 4. The Hall–Kier alpha value is -5.03. The Morgan fingerprint density at radius 3 is 2.51 bits per heavy atom. The van der Waals surface area contributed by atoms with E-state index in [2.05, 4.69) is 10.1 Å². The minimum absolute atomic E-state index is 0.00749. The summed E-state index contributed by atoms with van der Waals surface area (Å²) in [5.74, 6) is -0.147. The summed E-state index contributed by atoms with van der Waals surface area (Å²) in [6, 6.07) is 21.7. The number of nitrogens with zero attached hydrogens (tertiary/aromatic N) is 4. The van der Waals surface area contributed by atoms with E-state index in [0.717, 1.165) is 16.8 Å². The van der Waals surface area contributed by atoms with E-state index in [4.69, 9.17) is 16.3 Å². The first-order valence-corrected chi connectivity index (χ1v) is 12.4. The largest absolute Gasteiger partial charge is 0.482 e. The third-order valence-corrected chi connectivity index (χ3v) is 6.41. The minimum atomic E-state index is -4.62. The molecule has 0 aliphatic carbocycles. The zero-order chi connectivity index (χ0) is 29.1. The van der Waals surface area contributed by atoms with Gasteiger partial charge in [-0.05, 0) is 42.5 Å². The van der Waals surface area contributed by atoms with Crippen molar-refractivity contribution >= 4 is 34.4 Å². The smallest absolute Gasteiger partial charge is 0.416 e. The lowest BCUT2D eigenvalue weighted by atomic mass is 10.1. The molecule has 0 aliphatic heterocycles. The number of ether oxygens (including phenoxy) is 1. The molecule has 0 unspecified atom stereocenters. The molecule has 12 heteroatoms. The minimum Gasteiger partial charge on any atom is -0.482 e. The highest BCUT2D eigenvalue weighted by Crippen LogP contribution is 2.32. The van der Waals surface area contributed by atoms with E-state index in [9.17, 15) is 28.1 Å². The van der Waals surface area contributed by atoms with Crippen LogP contribution in [0.3, 0.4) is 0 Å². The summed E-state index contributed by atoms with van der Waals surface area (Å²) in [4.78, 5) is 28.9. The van der Waals surface area contributed by atoms with Gasteiger partial charge in [-0.2, -0.15) is 22.9 Å². The third kappa shape index (κ3) is 5.94. The van der Waals surface area contributed by atoms with Gasteiger partial charge in [-0.1, -0.05) is 54.1 Å². The van der Waals surface area contributed by atoms with E-state index in [0.29, 0.717) is 10.6 Å². The van der Waals surface area contributed by atoms with Gasteiger partial charge in [0, 0.05) is 27.8 Å². The normalized spacial score (nSPS) is 11.7. The summed E-state index contributed by atoms with van der Waals surface area (Å²) >= 11 is 6.13. The molecule has 5 rings (SSSR count). The Morgan fingerprint density at radius 1 is 1.00 bits per heavy atom. The van der Waals surface area contributed by atoms with Crippen LogP contribution in [0.5, 0.6) is 5.75 Å². The first kappa shape index (κ1) is 27.5. The van der Waals surface area contributed by atoms with Gasteiger partial charge in [0.05, 0.1) is 27.6 Å². The molecule has 0 fully saturated rings. The number of fused-ring (bicyclic) bond motifs is 1. The molecule has 1 aromatic heterocycles. The highest BCUT2D eigenvalue weighted by molar-refractivity contribution is 6.31. The molecular formula is C29H18ClF3N4O4. The van der Waals surface area contributed by atoms with Crippen LogP contribution >= 0.6 is 11.6 Å². The quantitative estimate of drug-likeness (QED) is 0.116. The number of para-hydroxylation sites is 1. The van der Waals surface area contributed by atoms with Crippen molar-refractivity contribution in [1.82, 2.24) is 9.66 Å². The number of aromatic nitrogens is 2. The molecule has 206 valence electrons. The van der Waals surface area contributed by atoms with Gasteiger partial charge in [0.1, 0.15) is 6.61 Å². The highest BCUT2D eigenvalue weighted by atomic mass is 35.5. The van der Waals surface area contributed by atoms with Gasteiger partial charge in [-0.15, -0.1) is 0 Å². The van der Waals surface area contributed by atoms with E-state index >= 15 is 0 Å². The fourth-order valence-electron chi connectivity index (χ4n) is 4.03. The van der Waals surface area contributed by atoms with E-state index in [1.807, 2.05) is 0 Å². The maximum absolute atomic E-state index is 13.4. The number of rotatable bonds is 7. The second-order valence-corrected chi connectivity index (χ2v) is 9.16. The van der Waals surface area contributed by atoms with Crippen molar-refractivity contribution in [2.24, 2.45) is 5.10 Å². The van der Waals surface area contributed by atoms with Crippen LogP contribution in [0.4, 0.5) is 18.9 Å². The van der Waals surface area contributed by atoms with Crippen LogP contribution in [-0.4, -0.2) is 20.8 Å². The lowest BCUT2D eigenvalue weighted by Crippen LogP contribution is -2.20. The van der Waals surface area contributed by atoms with Gasteiger partial charge in [-0.25, -0.2) is 4.98 Å². The van der Waals surface area contributed by atoms with Gasteiger partial charge in [-0.3, -0.25) is 14.9 Å². The number of nitro groups is 1. The van der Waals surface area contributed by atoms with Crippen LogP contribution < -0.4 is 10.3 Å². The second kappa shape index (κ2) is 11.2. The number of hydrogen-bond donors (Lipinski definition) is 0. The fraction of sp³-hybridized carbons (Fsp3) is 0.0690. The molecule has 41 heavy (non-hydrogen) atoms. The van der Waals surface area contributed by atoms with Crippen LogP contribution in [0, 0.1) is 10.1 Å². The molecule has 4 aromatic carbocycles. The molecule has 0 radical (unpaired) electrons. The first-order valence-electron chi connectivity index (χ1n) is 12.0. The predicted molar refractivity (Wildman–Crippen MR) is 148 cm³/mol. The van der Waals surface area contributed by atoms with Crippen LogP contribution in [0.2, 0.25) is 5.02 Å². The summed E-state index contributed by atoms with van der Waals surface area (Å²) in [6.45, 7) is -0.00749. The summed E-state index contributed by atoms with van der Waals surface area (Å²) in [6.07, 6.45) is -3.43. The zero-order valence-corrected chi connectivity index (χ0v) is 21.6. The molecule has 0 N–H and O–H groups in total.